The van der Waals surface area contributed by atoms with Crippen molar-refractivity contribution in [2.75, 3.05) is 0 Å². The zero-order valence-corrected chi connectivity index (χ0v) is 9.50. The second kappa shape index (κ2) is 4.85. The monoisotopic (exact) mass is 231 g/mol. The van der Waals surface area contributed by atoms with Gasteiger partial charge in [-0.15, -0.1) is 0 Å². The molecule has 0 spiro atoms. The fourth-order valence-corrected chi connectivity index (χ4v) is 1.93. The van der Waals surface area contributed by atoms with Crippen molar-refractivity contribution in [3.8, 4) is 0 Å². The van der Waals surface area contributed by atoms with Crippen LogP contribution in [0.2, 0.25) is 0 Å². The standard InChI is InChI=1S/C13H13NO3/c1-10-12(8-15)14(13(9-16)17-10)7-11-5-3-2-4-6-11/h2-6,8,10,12H,7H2,1H3/t10-,12-/m1/s1. The van der Waals surface area contributed by atoms with Gasteiger partial charge in [0, 0.05) is 6.54 Å². The Labute approximate surface area is 99.5 Å². The van der Waals surface area contributed by atoms with Gasteiger partial charge in [0.1, 0.15) is 18.4 Å². The molecular weight excluding hydrogens is 218 g/mol. The highest BCUT2D eigenvalue weighted by atomic mass is 16.5. The summed E-state index contributed by atoms with van der Waals surface area (Å²) in [5.74, 6) is 1.85. The van der Waals surface area contributed by atoms with Gasteiger partial charge in [0.15, 0.2) is 5.94 Å². The highest BCUT2D eigenvalue weighted by Gasteiger charge is 2.36. The predicted molar refractivity (Wildman–Crippen MR) is 61.6 cm³/mol. The maximum atomic E-state index is 11.0. The van der Waals surface area contributed by atoms with Crippen molar-refractivity contribution < 1.29 is 14.3 Å². The molecule has 0 aliphatic carbocycles. The third kappa shape index (κ3) is 2.22. The maximum absolute atomic E-state index is 11.0. The summed E-state index contributed by atoms with van der Waals surface area (Å²) in [5, 5.41) is 0. The summed E-state index contributed by atoms with van der Waals surface area (Å²) in [7, 11) is 0. The summed E-state index contributed by atoms with van der Waals surface area (Å²) in [5.41, 5.74) is 1.02. The molecule has 1 saturated heterocycles. The number of nitrogens with zero attached hydrogens (tertiary/aromatic N) is 1. The van der Waals surface area contributed by atoms with E-state index in [9.17, 15) is 9.59 Å². The molecule has 2 rings (SSSR count). The Hall–Kier alpha value is -2.06. The summed E-state index contributed by atoms with van der Waals surface area (Å²) in [6, 6.07) is 9.19. The van der Waals surface area contributed by atoms with Gasteiger partial charge in [-0.25, -0.2) is 4.79 Å². The molecule has 1 aromatic carbocycles. The Balaban J connectivity index is 2.23. The Kier molecular flexibility index (Phi) is 3.26. The van der Waals surface area contributed by atoms with E-state index in [0.29, 0.717) is 6.54 Å². The number of hydrogen-bond acceptors (Lipinski definition) is 4. The largest absolute Gasteiger partial charge is 0.465 e. The van der Waals surface area contributed by atoms with Crippen LogP contribution < -0.4 is 0 Å². The van der Waals surface area contributed by atoms with E-state index in [-0.39, 0.29) is 12.0 Å². The van der Waals surface area contributed by atoms with Gasteiger partial charge in [-0.2, -0.15) is 0 Å². The van der Waals surface area contributed by atoms with Crippen LogP contribution in [0.15, 0.2) is 36.2 Å². The van der Waals surface area contributed by atoms with Crippen molar-refractivity contribution >= 4 is 12.2 Å². The second-order valence-electron chi connectivity index (χ2n) is 3.97. The summed E-state index contributed by atoms with van der Waals surface area (Å²) < 4.78 is 5.29. The Morgan fingerprint density at radius 3 is 2.71 bits per heavy atom. The summed E-state index contributed by atoms with van der Waals surface area (Å²) in [4.78, 5) is 23.4. The molecule has 1 aliphatic heterocycles. The number of ether oxygens (including phenoxy) is 1. The van der Waals surface area contributed by atoms with Crippen LogP contribution in [0.1, 0.15) is 12.5 Å². The second-order valence-corrected chi connectivity index (χ2v) is 3.97. The van der Waals surface area contributed by atoms with Gasteiger partial charge in [-0.1, -0.05) is 30.3 Å². The third-order valence-corrected chi connectivity index (χ3v) is 2.82. The molecule has 4 nitrogen and oxygen atoms in total. The van der Waals surface area contributed by atoms with E-state index in [2.05, 4.69) is 0 Å². The van der Waals surface area contributed by atoms with Crippen LogP contribution >= 0.6 is 0 Å². The lowest BCUT2D eigenvalue weighted by Crippen LogP contribution is -2.34. The molecule has 0 radical (unpaired) electrons. The van der Waals surface area contributed by atoms with Crippen molar-refractivity contribution in [3.63, 3.8) is 0 Å². The normalized spacial score (nSPS) is 23.1. The number of carbonyl (C=O) groups excluding carboxylic acids is 2. The molecule has 0 amide bonds. The highest BCUT2D eigenvalue weighted by molar-refractivity contribution is 5.62. The van der Waals surface area contributed by atoms with E-state index in [1.165, 1.54) is 0 Å². The van der Waals surface area contributed by atoms with Crippen molar-refractivity contribution in [2.24, 2.45) is 0 Å². The molecule has 17 heavy (non-hydrogen) atoms. The molecule has 88 valence electrons. The first-order chi connectivity index (χ1) is 8.26. The van der Waals surface area contributed by atoms with Gasteiger partial charge in [0.25, 0.3) is 5.88 Å². The topological polar surface area (TPSA) is 46.6 Å². The lowest BCUT2D eigenvalue weighted by Gasteiger charge is -2.19. The molecule has 1 aromatic rings. The van der Waals surface area contributed by atoms with E-state index in [1.807, 2.05) is 30.3 Å². The van der Waals surface area contributed by atoms with Crippen LogP contribution in [-0.2, 0) is 20.9 Å². The number of benzene rings is 1. The summed E-state index contributed by atoms with van der Waals surface area (Å²) >= 11 is 0. The van der Waals surface area contributed by atoms with E-state index in [1.54, 1.807) is 17.8 Å². The number of carbonyl (C=O) groups is 1. The molecule has 0 N–H and O–H groups in total. The smallest absolute Gasteiger partial charge is 0.279 e. The molecule has 0 bridgehead atoms. The Morgan fingerprint density at radius 2 is 2.12 bits per heavy atom. The van der Waals surface area contributed by atoms with Gasteiger partial charge in [0.2, 0.25) is 0 Å². The van der Waals surface area contributed by atoms with Crippen molar-refractivity contribution in [1.29, 1.82) is 0 Å². The van der Waals surface area contributed by atoms with Crippen LogP contribution in [-0.4, -0.2) is 29.3 Å². The van der Waals surface area contributed by atoms with E-state index >= 15 is 0 Å². The molecule has 1 heterocycles. The zero-order valence-electron chi connectivity index (χ0n) is 9.50. The lowest BCUT2D eigenvalue weighted by molar-refractivity contribution is -0.112. The third-order valence-electron chi connectivity index (χ3n) is 2.82. The molecule has 0 unspecified atom stereocenters. The van der Waals surface area contributed by atoms with E-state index < -0.39 is 6.04 Å². The predicted octanol–water partition coefficient (Wildman–Crippen LogP) is 1.15. The fourth-order valence-electron chi connectivity index (χ4n) is 1.93. The van der Waals surface area contributed by atoms with Gasteiger partial charge in [-0.05, 0) is 12.5 Å². The number of hydrogen-bond donors (Lipinski definition) is 0. The summed E-state index contributed by atoms with van der Waals surface area (Å²) in [6.07, 6.45) is 0.491. The first kappa shape index (κ1) is 11.4. The first-order valence-electron chi connectivity index (χ1n) is 5.44. The summed E-state index contributed by atoms with van der Waals surface area (Å²) in [6.45, 7) is 2.24. The maximum Gasteiger partial charge on any atom is 0.279 e. The molecular formula is C13H13NO3. The van der Waals surface area contributed by atoms with E-state index in [4.69, 9.17) is 4.74 Å². The minimum Gasteiger partial charge on any atom is -0.465 e. The average molecular weight is 231 g/mol. The van der Waals surface area contributed by atoms with Crippen molar-refractivity contribution in [2.45, 2.75) is 25.6 Å². The number of aldehydes is 1. The van der Waals surface area contributed by atoms with Gasteiger partial charge in [0.05, 0.1) is 0 Å². The van der Waals surface area contributed by atoms with Crippen LogP contribution in [0.4, 0.5) is 0 Å². The molecule has 4 heteroatoms. The minimum absolute atomic E-state index is 0.110. The molecule has 1 aliphatic rings. The average Bonchev–Trinajstić information content (AvgIpc) is 2.66. The molecule has 0 aromatic heterocycles. The van der Waals surface area contributed by atoms with Crippen LogP contribution in [0.5, 0.6) is 0 Å². The molecule has 1 fully saturated rings. The van der Waals surface area contributed by atoms with Crippen molar-refractivity contribution in [1.82, 2.24) is 4.90 Å². The fraction of sp³-hybridized carbons (Fsp3) is 0.308. The molecule has 0 saturated carbocycles. The first-order valence-corrected chi connectivity index (χ1v) is 5.44. The van der Waals surface area contributed by atoms with Crippen LogP contribution in [0, 0.1) is 0 Å². The van der Waals surface area contributed by atoms with Gasteiger partial charge < -0.3 is 14.4 Å². The Morgan fingerprint density at radius 1 is 1.41 bits per heavy atom. The van der Waals surface area contributed by atoms with E-state index in [0.717, 1.165) is 11.8 Å². The SMILES string of the molecule is C[C@H]1OC(=C=O)N(Cc2ccccc2)[C@@H]1C=O. The molecule has 2 atom stereocenters. The zero-order chi connectivity index (χ0) is 12.3. The van der Waals surface area contributed by atoms with Gasteiger partial charge in [-0.3, -0.25) is 0 Å². The Bertz CT molecular complexity index is 451. The van der Waals surface area contributed by atoms with Crippen LogP contribution in [0.25, 0.3) is 0 Å². The quantitative estimate of drug-likeness (QED) is 0.578. The van der Waals surface area contributed by atoms with Crippen molar-refractivity contribution in [3.05, 3.63) is 41.8 Å². The van der Waals surface area contributed by atoms with Gasteiger partial charge >= 0.3 is 0 Å². The highest BCUT2D eigenvalue weighted by Crippen LogP contribution is 2.25. The number of rotatable bonds is 3. The lowest BCUT2D eigenvalue weighted by atomic mass is 10.1. The minimum atomic E-state index is -0.424. The van der Waals surface area contributed by atoms with Crippen LogP contribution in [0.3, 0.4) is 0 Å².